The number of aromatic nitrogens is 1. The Kier molecular flexibility index (Phi) is 12.0. The van der Waals surface area contributed by atoms with Gasteiger partial charge in [-0.25, -0.2) is 4.98 Å². The highest BCUT2D eigenvalue weighted by molar-refractivity contribution is 8.00. The van der Waals surface area contributed by atoms with Gasteiger partial charge >= 0.3 is 0 Å². The van der Waals surface area contributed by atoms with Crippen molar-refractivity contribution >= 4 is 80.9 Å². The largest absolute Gasteiger partial charge is 0.497 e. The molecular weight excluding hydrogens is 703 g/mol. The van der Waals surface area contributed by atoms with E-state index in [1.54, 1.807) is 97.9 Å². The average molecular weight is 734 g/mol. The second-order valence-corrected chi connectivity index (χ2v) is 13.5. The van der Waals surface area contributed by atoms with Crippen molar-refractivity contribution in [2.24, 2.45) is 0 Å². The highest BCUT2D eigenvalue weighted by atomic mass is 35.5. The molecule has 0 bridgehead atoms. The van der Waals surface area contributed by atoms with E-state index >= 15 is 0 Å². The molecule has 4 aromatic carbocycles. The van der Waals surface area contributed by atoms with Crippen LogP contribution in [0.2, 0.25) is 10.0 Å². The van der Waals surface area contributed by atoms with Crippen molar-refractivity contribution in [2.75, 3.05) is 24.9 Å². The number of hydrogen-bond donors (Lipinski definition) is 3. The maximum Gasteiger partial charge on any atom is 0.272 e. The van der Waals surface area contributed by atoms with Gasteiger partial charge in [0.1, 0.15) is 17.2 Å². The van der Waals surface area contributed by atoms with Crippen molar-refractivity contribution in [3.05, 3.63) is 123 Å². The van der Waals surface area contributed by atoms with Gasteiger partial charge in [0.15, 0.2) is 5.13 Å². The zero-order valence-corrected chi connectivity index (χ0v) is 29.6. The lowest BCUT2D eigenvalue weighted by Gasteiger charge is -2.14. The highest BCUT2D eigenvalue weighted by Gasteiger charge is 2.19. The normalized spacial score (nSPS) is 11.7. The molecule has 250 valence electrons. The third kappa shape index (κ3) is 9.42. The van der Waals surface area contributed by atoms with Crippen LogP contribution in [-0.4, -0.2) is 42.2 Å². The van der Waals surface area contributed by atoms with Gasteiger partial charge in [0.2, 0.25) is 5.91 Å². The Morgan fingerprint density at radius 3 is 2.35 bits per heavy atom. The third-order valence-corrected chi connectivity index (χ3v) is 9.42. The molecule has 0 aliphatic carbocycles. The maximum atomic E-state index is 13.5. The molecule has 5 rings (SSSR count). The first-order valence-corrected chi connectivity index (χ1v) is 17.2. The number of carbonyl (C=O) groups excluding carboxylic acids is 3. The van der Waals surface area contributed by atoms with Crippen LogP contribution in [0.4, 0.5) is 10.8 Å². The predicted octanol–water partition coefficient (Wildman–Crippen LogP) is 8.66. The Bertz CT molecular complexity index is 2000. The number of anilines is 2. The molecule has 0 radical (unpaired) electrons. The SMILES string of the molecule is COc1ccc(OC)c(/C=C(\NC(=O)c2ccccc2)C(=O)Nc2ccc(SC(C)C(=O)Nc3nc(-c4ccc(Cl)cc4Cl)cs3)cc2)c1. The Hall–Kier alpha value is -4.81. The van der Waals surface area contributed by atoms with E-state index in [0.29, 0.717) is 49.2 Å². The quantitative estimate of drug-likeness (QED) is 0.0868. The Morgan fingerprint density at radius 1 is 0.898 bits per heavy atom. The van der Waals surface area contributed by atoms with Crippen molar-refractivity contribution in [1.29, 1.82) is 0 Å². The average Bonchev–Trinajstić information content (AvgIpc) is 3.56. The number of thioether (sulfide) groups is 1. The summed E-state index contributed by atoms with van der Waals surface area (Å²) in [6.45, 7) is 1.79. The van der Waals surface area contributed by atoms with E-state index in [-0.39, 0.29) is 11.6 Å². The summed E-state index contributed by atoms with van der Waals surface area (Å²) in [4.78, 5) is 44.9. The first kappa shape index (κ1) is 35.5. The number of amides is 3. The summed E-state index contributed by atoms with van der Waals surface area (Å²) < 4.78 is 10.8. The van der Waals surface area contributed by atoms with Gasteiger partial charge in [-0.1, -0.05) is 41.4 Å². The van der Waals surface area contributed by atoms with E-state index in [1.807, 2.05) is 5.38 Å². The van der Waals surface area contributed by atoms with Gasteiger partial charge in [-0.2, -0.15) is 0 Å². The molecule has 0 aliphatic rings. The lowest BCUT2D eigenvalue weighted by molar-refractivity contribution is -0.115. The number of benzene rings is 4. The zero-order valence-electron chi connectivity index (χ0n) is 26.5. The molecule has 1 aromatic heterocycles. The van der Waals surface area contributed by atoms with E-state index in [2.05, 4.69) is 20.9 Å². The van der Waals surface area contributed by atoms with Crippen LogP contribution in [0.5, 0.6) is 11.5 Å². The first-order valence-electron chi connectivity index (χ1n) is 14.7. The number of hydrogen-bond acceptors (Lipinski definition) is 8. The second-order valence-electron chi connectivity index (χ2n) is 10.4. The van der Waals surface area contributed by atoms with Crippen LogP contribution in [0.1, 0.15) is 22.8 Å². The minimum atomic E-state index is -0.551. The fourth-order valence-corrected chi connectivity index (χ4v) is 6.57. The molecule has 0 fully saturated rings. The Morgan fingerprint density at radius 2 is 1.65 bits per heavy atom. The molecule has 49 heavy (non-hydrogen) atoms. The molecule has 3 amide bonds. The van der Waals surface area contributed by atoms with Crippen LogP contribution < -0.4 is 25.4 Å². The summed E-state index contributed by atoms with van der Waals surface area (Å²) in [5, 5.41) is 11.2. The topological polar surface area (TPSA) is 119 Å². The van der Waals surface area contributed by atoms with Gasteiger partial charge in [-0.3, -0.25) is 14.4 Å². The molecule has 13 heteroatoms. The molecule has 1 atom stereocenters. The van der Waals surface area contributed by atoms with Crippen molar-refractivity contribution < 1.29 is 23.9 Å². The van der Waals surface area contributed by atoms with E-state index in [9.17, 15) is 14.4 Å². The number of halogens is 2. The number of thiazole rings is 1. The summed E-state index contributed by atoms with van der Waals surface area (Å²) in [6, 6.07) is 25.9. The highest BCUT2D eigenvalue weighted by Crippen LogP contribution is 2.33. The van der Waals surface area contributed by atoms with Crippen LogP contribution >= 0.6 is 46.3 Å². The van der Waals surface area contributed by atoms with Crippen LogP contribution in [0.3, 0.4) is 0 Å². The Balaban J connectivity index is 1.25. The van der Waals surface area contributed by atoms with Crippen LogP contribution in [0, 0.1) is 0 Å². The summed E-state index contributed by atoms with van der Waals surface area (Å²) in [5.41, 5.74) is 2.76. The number of rotatable bonds is 12. The third-order valence-electron chi connectivity index (χ3n) is 7.00. The molecular formula is C36H30Cl2N4O5S2. The van der Waals surface area contributed by atoms with Crippen molar-refractivity contribution in [2.45, 2.75) is 17.1 Å². The number of nitrogens with zero attached hydrogens (tertiary/aromatic N) is 1. The molecule has 1 heterocycles. The van der Waals surface area contributed by atoms with E-state index in [1.165, 1.54) is 43.4 Å². The fraction of sp³-hybridized carbons (Fsp3) is 0.111. The van der Waals surface area contributed by atoms with E-state index in [0.717, 1.165) is 10.5 Å². The van der Waals surface area contributed by atoms with Gasteiger partial charge < -0.3 is 25.4 Å². The smallest absolute Gasteiger partial charge is 0.272 e. The van der Waals surface area contributed by atoms with E-state index < -0.39 is 17.1 Å². The lowest BCUT2D eigenvalue weighted by atomic mass is 10.1. The number of ether oxygens (including phenoxy) is 2. The van der Waals surface area contributed by atoms with Crippen LogP contribution in [0.25, 0.3) is 17.3 Å². The molecule has 0 spiro atoms. The summed E-state index contributed by atoms with van der Waals surface area (Å²) in [7, 11) is 3.05. The van der Waals surface area contributed by atoms with E-state index in [4.69, 9.17) is 32.7 Å². The standard InChI is InChI=1S/C36H30Cl2N4O5S2/c1-21(33(43)42-36-41-31(20-48-36)28-15-9-24(37)19-29(28)38)49-27-13-10-25(11-14-27)39-35(45)30(40-34(44)22-7-5-4-6-8-22)18-23-17-26(46-2)12-16-32(23)47-3/h4-21H,1-3H3,(H,39,45)(H,40,44)(H,41,42,43)/b30-18-. The number of methoxy groups -OCH3 is 2. The first-order chi connectivity index (χ1) is 23.6. The molecule has 5 aromatic rings. The van der Waals surface area contributed by atoms with Crippen LogP contribution in [-0.2, 0) is 9.59 Å². The number of carbonyl (C=O) groups is 3. The molecule has 3 N–H and O–H groups in total. The zero-order chi connectivity index (χ0) is 34.9. The molecule has 1 unspecified atom stereocenters. The minimum Gasteiger partial charge on any atom is -0.497 e. The van der Waals surface area contributed by atoms with Gasteiger partial charge in [0.25, 0.3) is 11.8 Å². The fourth-order valence-electron chi connectivity index (χ4n) is 4.48. The molecule has 0 saturated carbocycles. The summed E-state index contributed by atoms with van der Waals surface area (Å²) in [5.74, 6) is -0.185. The maximum absolute atomic E-state index is 13.5. The van der Waals surface area contributed by atoms with Crippen molar-refractivity contribution in [3.63, 3.8) is 0 Å². The van der Waals surface area contributed by atoms with Crippen molar-refractivity contribution in [3.8, 4) is 22.8 Å². The monoisotopic (exact) mass is 732 g/mol. The Labute approximate surface area is 301 Å². The molecule has 0 aliphatic heterocycles. The predicted molar refractivity (Wildman–Crippen MR) is 198 cm³/mol. The lowest BCUT2D eigenvalue weighted by Crippen LogP contribution is -2.30. The second kappa shape index (κ2) is 16.5. The van der Waals surface area contributed by atoms with Gasteiger partial charge in [0.05, 0.1) is 30.2 Å². The minimum absolute atomic E-state index is 0.00664. The molecule has 0 saturated heterocycles. The summed E-state index contributed by atoms with van der Waals surface area (Å²) >= 11 is 15.0. The number of nitrogens with one attached hydrogen (secondary N) is 3. The van der Waals surface area contributed by atoms with Crippen LogP contribution in [0.15, 0.2) is 107 Å². The molecule has 9 nitrogen and oxygen atoms in total. The van der Waals surface area contributed by atoms with Gasteiger partial charge in [-0.15, -0.1) is 23.1 Å². The van der Waals surface area contributed by atoms with Gasteiger partial charge in [0, 0.05) is 37.7 Å². The summed E-state index contributed by atoms with van der Waals surface area (Å²) in [6.07, 6.45) is 1.53. The van der Waals surface area contributed by atoms with Gasteiger partial charge in [-0.05, 0) is 85.8 Å². The van der Waals surface area contributed by atoms with Crippen molar-refractivity contribution in [1.82, 2.24) is 10.3 Å².